The summed E-state index contributed by atoms with van der Waals surface area (Å²) in [6, 6.07) is 0. The van der Waals surface area contributed by atoms with Crippen molar-refractivity contribution in [3.05, 3.63) is 12.2 Å². The van der Waals surface area contributed by atoms with Crippen LogP contribution in [-0.4, -0.2) is 46.1 Å². The third kappa shape index (κ3) is 1.22. The molecule has 0 amide bonds. The Morgan fingerprint density at radius 3 is 2.84 bits per heavy atom. The molecular weight excluding hydrogens is 324 g/mol. The maximum Gasteiger partial charge on any atom is 0.315 e. The molecule has 6 heteroatoms. The molecule has 0 aromatic heterocycles. The predicted octanol–water partition coefficient (Wildman–Crippen LogP) is 1.12. The topological polar surface area (TPSA) is 96.4 Å². The highest BCUT2D eigenvalue weighted by Gasteiger charge is 2.90. The molecule has 2 N–H and O–H groups in total. The van der Waals surface area contributed by atoms with Gasteiger partial charge in [0, 0.05) is 11.8 Å². The maximum absolute atomic E-state index is 12.9. The Morgan fingerprint density at radius 2 is 2.12 bits per heavy atom. The summed E-state index contributed by atoms with van der Waals surface area (Å²) in [6.07, 6.45) is 1.42. The van der Waals surface area contributed by atoms with Gasteiger partial charge in [-0.3, -0.25) is 9.59 Å². The van der Waals surface area contributed by atoms with Crippen molar-refractivity contribution in [1.29, 1.82) is 0 Å². The van der Waals surface area contributed by atoms with E-state index in [1.54, 1.807) is 6.92 Å². The Morgan fingerprint density at radius 1 is 1.36 bits per heavy atom. The molecule has 4 aliphatic carbocycles. The molecule has 1 spiro atoms. The summed E-state index contributed by atoms with van der Waals surface area (Å²) in [7, 11) is 0. The summed E-state index contributed by atoms with van der Waals surface area (Å²) in [6.45, 7) is 6.01. The van der Waals surface area contributed by atoms with Crippen LogP contribution in [0.1, 0.15) is 32.6 Å². The van der Waals surface area contributed by atoms with Crippen molar-refractivity contribution < 1.29 is 29.3 Å². The van der Waals surface area contributed by atoms with Crippen LogP contribution in [0.3, 0.4) is 0 Å². The fraction of sp³-hybridized carbons (Fsp3) is 0.789. The molecule has 10 atom stereocenters. The number of esters is 1. The molecule has 6 rings (SSSR count). The standard InChI is InChI=1S/C19H22O6/c1-7-5-18-6-8(7)3-4-9(18)19-12(10(18)15(21)22)17(2,16(23)25-19)14-11(24-14)13(19)20/h8-14,20H,1,3-6H2,2H3,(H,21,22). The Bertz CT molecular complexity index is 761. The van der Waals surface area contributed by atoms with Gasteiger partial charge >= 0.3 is 11.9 Å². The molecule has 10 unspecified atom stereocenters. The van der Waals surface area contributed by atoms with Crippen LogP contribution in [0.4, 0.5) is 0 Å². The number of allylic oxidation sites excluding steroid dienone is 1. The monoisotopic (exact) mass is 346 g/mol. The first-order chi connectivity index (χ1) is 11.8. The van der Waals surface area contributed by atoms with Gasteiger partial charge < -0.3 is 19.7 Å². The molecule has 0 radical (unpaired) electrons. The highest BCUT2D eigenvalue weighted by molar-refractivity contribution is 5.86. The SMILES string of the molecule is C=C1CC23CC1CCC2C12OC(=O)C(C)(C4OC4C1O)C2C3C(=O)O. The zero-order valence-corrected chi connectivity index (χ0v) is 14.1. The number of hydrogen-bond acceptors (Lipinski definition) is 5. The first kappa shape index (κ1) is 14.7. The van der Waals surface area contributed by atoms with Gasteiger partial charge in [0.25, 0.3) is 0 Å². The number of hydrogen-bond donors (Lipinski definition) is 2. The number of carbonyl (C=O) groups excluding carboxylic acids is 1. The van der Waals surface area contributed by atoms with Crippen LogP contribution in [0.2, 0.25) is 0 Å². The van der Waals surface area contributed by atoms with Gasteiger partial charge in [-0.2, -0.15) is 0 Å². The van der Waals surface area contributed by atoms with Crippen LogP contribution in [0.5, 0.6) is 0 Å². The second kappa shape index (κ2) is 3.81. The Labute approximate surface area is 145 Å². The van der Waals surface area contributed by atoms with Gasteiger partial charge in [-0.25, -0.2) is 0 Å². The normalized spacial score (nSPS) is 62.9. The number of fused-ring (bicyclic) bond motifs is 3. The van der Waals surface area contributed by atoms with Gasteiger partial charge in [-0.15, -0.1) is 0 Å². The predicted molar refractivity (Wildman–Crippen MR) is 83.2 cm³/mol. The lowest BCUT2D eigenvalue weighted by Crippen LogP contribution is -2.59. The first-order valence-electron chi connectivity index (χ1n) is 9.26. The van der Waals surface area contributed by atoms with Crippen LogP contribution in [0.25, 0.3) is 0 Å². The lowest BCUT2D eigenvalue weighted by Gasteiger charge is -2.45. The van der Waals surface area contributed by atoms with Crippen molar-refractivity contribution in [2.45, 2.75) is 56.5 Å². The summed E-state index contributed by atoms with van der Waals surface area (Å²) in [4.78, 5) is 25.3. The highest BCUT2D eigenvalue weighted by Crippen LogP contribution is 2.79. The molecule has 0 aromatic carbocycles. The Balaban J connectivity index is 1.63. The van der Waals surface area contributed by atoms with E-state index in [0.717, 1.165) is 24.8 Å². The maximum atomic E-state index is 12.9. The van der Waals surface area contributed by atoms with Crippen molar-refractivity contribution in [3.8, 4) is 0 Å². The van der Waals surface area contributed by atoms with Crippen molar-refractivity contribution >= 4 is 11.9 Å². The largest absolute Gasteiger partial charge is 0.481 e. The minimum absolute atomic E-state index is 0.132. The van der Waals surface area contributed by atoms with Crippen LogP contribution >= 0.6 is 0 Å². The van der Waals surface area contributed by atoms with E-state index in [0.29, 0.717) is 12.3 Å². The molecule has 0 aromatic rings. The summed E-state index contributed by atoms with van der Waals surface area (Å²) < 4.78 is 11.7. The number of aliphatic hydroxyl groups is 1. The average Bonchev–Trinajstić information content (AvgIpc) is 3.22. The van der Waals surface area contributed by atoms with Gasteiger partial charge in [-0.05, 0) is 43.9 Å². The second-order valence-electron chi connectivity index (χ2n) is 9.38. The van der Waals surface area contributed by atoms with Crippen molar-refractivity contribution in [2.75, 3.05) is 0 Å². The zero-order chi connectivity index (χ0) is 17.5. The molecule has 2 saturated heterocycles. The number of aliphatic hydroxyl groups excluding tert-OH is 1. The van der Waals surface area contributed by atoms with Crippen LogP contribution < -0.4 is 0 Å². The van der Waals surface area contributed by atoms with Crippen molar-refractivity contribution in [3.63, 3.8) is 0 Å². The average molecular weight is 346 g/mol. The molecule has 4 bridgehead atoms. The molecule has 2 aliphatic heterocycles. The lowest BCUT2D eigenvalue weighted by molar-refractivity contribution is -0.178. The number of carboxylic acids is 1. The van der Waals surface area contributed by atoms with Gasteiger partial charge in [-0.1, -0.05) is 12.2 Å². The number of ether oxygens (including phenoxy) is 2. The molecule has 2 heterocycles. The molecule has 6 aliphatic rings. The van der Waals surface area contributed by atoms with E-state index >= 15 is 0 Å². The van der Waals surface area contributed by atoms with Crippen molar-refractivity contribution in [1.82, 2.24) is 0 Å². The van der Waals surface area contributed by atoms with Gasteiger partial charge in [0.1, 0.15) is 29.3 Å². The Kier molecular flexibility index (Phi) is 2.25. The number of epoxide rings is 1. The summed E-state index contributed by atoms with van der Waals surface area (Å²) in [5.41, 5.74) is -1.40. The number of rotatable bonds is 1. The number of carbonyl (C=O) groups is 2. The molecular formula is C19H22O6. The van der Waals surface area contributed by atoms with Gasteiger partial charge in [0.15, 0.2) is 0 Å². The van der Waals surface area contributed by atoms with Crippen molar-refractivity contribution in [2.24, 2.45) is 34.5 Å². The summed E-state index contributed by atoms with van der Waals surface area (Å²) >= 11 is 0. The number of carboxylic acid groups (broad SMARTS) is 1. The Hall–Kier alpha value is -1.40. The van der Waals surface area contributed by atoms with E-state index in [1.807, 2.05) is 0 Å². The van der Waals surface area contributed by atoms with Crippen LogP contribution in [0, 0.1) is 34.5 Å². The first-order valence-corrected chi connectivity index (χ1v) is 9.26. The summed E-state index contributed by atoms with van der Waals surface area (Å²) in [5.74, 6) is -2.26. The fourth-order valence-corrected chi connectivity index (χ4v) is 7.99. The zero-order valence-electron chi connectivity index (χ0n) is 14.1. The minimum Gasteiger partial charge on any atom is -0.481 e. The van der Waals surface area contributed by atoms with E-state index in [2.05, 4.69) is 6.58 Å². The van der Waals surface area contributed by atoms with Gasteiger partial charge in [0.2, 0.25) is 0 Å². The smallest absolute Gasteiger partial charge is 0.315 e. The van der Waals surface area contributed by atoms with Crippen LogP contribution in [-0.2, 0) is 19.1 Å². The van der Waals surface area contributed by atoms with E-state index in [1.165, 1.54) is 0 Å². The fourth-order valence-electron chi connectivity index (χ4n) is 7.99. The molecule has 25 heavy (non-hydrogen) atoms. The molecule has 6 fully saturated rings. The minimum atomic E-state index is -1.11. The second-order valence-corrected chi connectivity index (χ2v) is 9.38. The van der Waals surface area contributed by atoms with Crippen LogP contribution in [0.15, 0.2) is 12.2 Å². The molecule has 4 saturated carbocycles. The van der Waals surface area contributed by atoms with E-state index < -0.39 is 52.5 Å². The van der Waals surface area contributed by atoms with E-state index in [4.69, 9.17) is 9.47 Å². The number of aliphatic carboxylic acids is 1. The highest BCUT2D eigenvalue weighted by atomic mass is 16.6. The molecule has 134 valence electrons. The van der Waals surface area contributed by atoms with E-state index in [-0.39, 0.29) is 11.9 Å². The third-order valence-electron chi connectivity index (χ3n) is 8.75. The van der Waals surface area contributed by atoms with Gasteiger partial charge in [0.05, 0.1) is 5.92 Å². The third-order valence-corrected chi connectivity index (χ3v) is 8.75. The lowest BCUT2D eigenvalue weighted by atomic mass is 9.59. The quantitative estimate of drug-likeness (QED) is 0.420. The van der Waals surface area contributed by atoms with E-state index in [9.17, 15) is 19.8 Å². The summed E-state index contributed by atoms with van der Waals surface area (Å²) in [5, 5.41) is 21.3. The molecule has 6 nitrogen and oxygen atoms in total.